The Labute approximate surface area is 206 Å². The maximum atomic E-state index is 12.7. The Kier molecular flexibility index (Phi) is 6.61. The van der Waals surface area contributed by atoms with Gasteiger partial charge in [-0.25, -0.2) is 12.7 Å². The molecule has 0 spiro atoms. The molecule has 12 heteroatoms. The maximum absolute atomic E-state index is 12.7. The highest BCUT2D eigenvalue weighted by Crippen LogP contribution is 2.38. The molecule has 0 fully saturated rings. The normalized spacial score (nSPS) is 12.1. The van der Waals surface area contributed by atoms with Gasteiger partial charge in [-0.3, -0.25) is 0 Å². The third-order valence-electron chi connectivity index (χ3n) is 4.41. The van der Waals surface area contributed by atoms with E-state index < -0.39 is 22.1 Å². The van der Waals surface area contributed by atoms with Gasteiger partial charge < -0.3 is 9.47 Å². The summed E-state index contributed by atoms with van der Waals surface area (Å²) in [5, 5.41) is 2.85. The van der Waals surface area contributed by atoms with E-state index in [-0.39, 0.29) is 27.2 Å². The number of thiophene rings is 1. The molecule has 4 aromatic rings. The van der Waals surface area contributed by atoms with Gasteiger partial charge in [0.15, 0.2) is 0 Å². The Bertz CT molecular complexity index is 1470. The van der Waals surface area contributed by atoms with Crippen LogP contribution in [0, 0.1) is 0 Å². The summed E-state index contributed by atoms with van der Waals surface area (Å²) in [6, 6.07) is 14.6. The average Bonchev–Trinajstić information content (AvgIpc) is 3.12. The molecule has 0 bridgehead atoms. The molecule has 178 valence electrons. The minimum absolute atomic E-state index is 0.0548. The summed E-state index contributed by atoms with van der Waals surface area (Å²) in [7, 11) is -3.81. The minimum atomic E-state index is -4.91. The van der Waals surface area contributed by atoms with Crippen LogP contribution in [0.4, 0.5) is 24.5 Å². The van der Waals surface area contributed by atoms with E-state index in [0.29, 0.717) is 5.69 Å². The highest BCUT2D eigenvalue weighted by Gasteiger charge is 2.31. The summed E-state index contributed by atoms with van der Waals surface area (Å²) in [5.74, 6) is -0.558. The van der Waals surface area contributed by atoms with Crippen molar-refractivity contribution in [3.05, 3.63) is 76.1 Å². The molecule has 1 heterocycles. The van der Waals surface area contributed by atoms with Crippen LogP contribution in [0.15, 0.2) is 66.0 Å². The third-order valence-corrected chi connectivity index (χ3v) is 6.83. The van der Waals surface area contributed by atoms with Crippen LogP contribution in [-0.4, -0.2) is 21.0 Å². The summed E-state index contributed by atoms with van der Waals surface area (Å²) in [6.45, 7) is 0. The van der Waals surface area contributed by atoms with Gasteiger partial charge in [-0.15, -0.1) is 24.5 Å². The van der Waals surface area contributed by atoms with Gasteiger partial charge in [-0.2, -0.15) is 0 Å². The lowest BCUT2D eigenvalue weighted by Crippen LogP contribution is -2.24. The quantitative estimate of drug-likeness (QED) is 0.245. The fourth-order valence-corrected chi connectivity index (χ4v) is 5.45. The molecule has 0 atom stereocenters. The Hall–Kier alpha value is -2.66. The molecule has 34 heavy (non-hydrogen) atoms. The lowest BCUT2D eigenvalue weighted by Gasteiger charge is -2.23. The largest absolute Gasteiger partial charge is 0.573 e. The van der Waals surface area contributed by atoms with E-state index >= 15 is 0 Å². The first-order valence-electron chi connectivity index (χ1n) is 9.40. The number of hydrogen-bond acceptors (Lipinski definition) is 5. The molecule has 5 nitrogen and oxygen atoms in total. The molecule has 0 N–H and O–H groups in total. The lowest BCUT2D eigenvalue weighted by atomic mass is 10.2. The second-order valence-electron chi connectivity index (χ2n) is 7.09. The van der Waals surface area contributed by atoms with Gasteiger partial charge in [0.2, 0.25) is 10.0 Å². The van der Waals surface area contributed by atoms with Crippen molar-refractivity contribution in [2.24, 2.45) is 0 Å². The Morgan fingerprint density at radius 3 is 2.18 bits per heavy atom. The van der Waals surface area contributed by atoms with E-state index in [1.54, 1.807) is 12.1 Å². The van der Waals surface area contributed by atoms with Crippen molar-refractivity contribution in [1.29, 1.82) is 0 Å². The van der Waals surface area contributed by atoms with Crippen LogP contribution in [0.5, 0.6) is 17.2 Å². The zero-order chi connectivity index (χ0) is 24.7. The molecule has 0 saturated heterocycles. The molecule has 0 aliphatic rings. The van der Waals surface area contributed by atoms with Gasteiger partial charge in [0.25, 0.3) is 0 Å². The predicted octanol–water partition coefficient (Wildman–Crippen LogP) is 8.00. The highest BCUT2D eigenvalue weighted by molar-refractivity contribution is 7.92. The van der Waals surface area contributed by atoms with Crippen LogP contribution in [0.2, 0.25) is 10.0 Å². The van der Waals surface area contributed by atoms with Crippen molar-refractivity contribution in [1.82, 2.24) is 0 Å². The Balaban J connectivity index is 1.73. The number of halogens is 5. The standard InChI is InChI=1S/C22H14Cl2F3NO4S2/c1-34(29,30)28(16-2-3-21-13(6-16)4-5-33-21)17-7-14(23)8-18(11-17)31-19-9-15(24)10-20(12-19)32-22(25,26)27/h2-12H,1H3. The molecule has 0 unspecified atom stereocenters. The van der Waals surface area contributed by atoms with Crippen molar-refractivity contribution in [3.63, 3.8) is 0 Å². The van der Waals surface area contributed by atoms with E-state index in [1.165, 1.54) is 35.6 Å². The number of fused-ring (bicyclic) bond motifs is 1. The molecular formula is C22H14Cl2F3NO4S2. The predicted molar refractivity (Wildman–Crippen MR) is 128 cm³/mol. The van der Waals surface area contributed by atoms with Crippen LogP contribution >= 0.6 is 34.5 Å². The van der Waals surface area contributed by atoms with Gasteiger partial charge in [0, 0.05) is 26.9 Å². The average molecular weight is 548 g/mol. The molecule has 0 radical (unpaired) electrons. The summed E-state index contributed by atoms with van der Waals surface area (Å²) >= 11 is 13.6. The molecule has 0 aliphatic heterocycles. The number of anilines is 2. The molecule has 4 rings (SSSR count). The van der Waals surface area contributed by atoms with E-state index in [1.807, 2.05) is 17.5 Å². The number of rotatable bonds is 6. The van der Waals surface area contributed by atoms with E-state index in [0.717, 1.165) is 32.8 Å². The van der Waals surface area contributed by atoms with Crippen molar-refractivity contribution in [3.8, 4) is 17.2 Å². The van der Waals surface area contributed by atoms with Crippen molar-refractivity contribution < 1.29 is 31.1 Å². The number of benzene rings is 3. The van der Waals surface area contributed by atoms with E-state index in [9.17, 15) is 21.6 Å². The van der Waals surface area contributed by atoms with Gasteiger partial charge in [0.05, 0.1) is 17.6 Å². The third kappa shape index (κ3) is 5.87. The van der Waals surface area contributed by atoms with Crippen LogP contribution in [0.3, 0.4) is 0 Å². The van der Waals surface area contributed by atoms with Crippen LogP contribution in [0.1, 0.15) is 0 Å². The fraction of sp³-hybridized carbons (Fsp3) is 0.0909. The van der Waals surface area contributed by atoms with Crippen LogP contribution < -0.4 is 13.8 Å². The zero-order valence-electron chi connectivity index (χ0n) is 17.1. The summed E-state index contributed by atoms with van der Waals surface area (Å²) < 4.78 is 74.8. The van der Waals surface area contributed by atoms with Crippen LogP contribution in [0.25, 0.3) is 10.1 Å². The van der Waals surface area contributed by atoms with Gasteiger partial charge >= 0.3 is 6.36 Å². The fourth-order valence-electron chi connectivity index (χ4n) is 3.26. The number of nitrogens with zero attached hydrogens (tertiary/aromatic N) is 1. The number of hydrogen-bond donors (Lipinski definition) is 0. The Morgan fingerprint density at radius 1 is 0.853 bits per heavy atom. The van der Waals surface area contributed by atoms with Crippen molar-refractivity contribution in [2.45, 2.75) is 6.36 Å². The molecule has 0 aliphatic carbocycles. The molecule has 0 amide bonds. The number of sulfonamides is 1. The highest BCUT2D eigenvalue weighted by atomic mass is 35.5. The van der Waals surface area contributed by atoms with Gasteiger partial charge in [0.1, 0.15) is 17.2 Å². The summed E-state index contributed by atoms with van der Waals surface area (Å²) in [4.78, 5) is 0. The molecular weight excluding hydrogens is 534 g/mol. The van der Waals surface area contributed by atoms with Crippen molar-refractivity contribution in [2.75, 3.05) is 10.6 Å². The first kappa shape index (κ1) is 24.5. The summed E-state index contributed by atoms with van der Waals surface area (Å²) in [6.07, 6.45) is -3.87. The topological polar surface area (TPSA) is 55.8 Å². The smallest absolute Gasteiger partial charge is 0.457 e. The molecule has 0 saturated carbocycles. The molecule has 3 aromatic carbocycles. The Morgan fingerprint density at radius 2 is 1.50 bits per heavy atom. The second kappa shape index (κ2) is 9.18. The zero-order valence-corrected chi connectivity index (χ0v) is 20.3. The van der Waals surface area contributed by atoms with E-state index in [4.69, 9.17) is 27.9 Å². The minimum Gasteiger partial charge on any atom is -0.457 e. The monoisotopic (exact) mass is 547 g/mol. The second-order valence-corrected chi connectivity index (χ2v) is 10.7. The summed E-state index contributed by atoms with van der Waals surface area (Å²) in [5.41, 5.74) is 0.554. The van der Waals surface area contributed by atoms with Gasteiger partial charge in [-0.05, 0) is 59.3 Å². The first-order valence-corrected chi connectivity index (χ1v) is 12.9. The maximum Gasteiger partial charge on any atom is 0.573 e. The van der Waals surface area contributed by atoms with E-state index in [2.05, 4.69) is 4.74 Å². The van der Waals surface area contributed by atoms with Crippen molar-refractivity contribution >= 4 is 66.0 Å². The number of alkyl halides is 3. The lowest BCUT2D eigenvalue weighted by molar-refractivity contribution is -0.274. The SMILES string of the molecule is CS(=O)(=O)N(c1cc(Cl)cc(Oc2cc(Cl)cc(OC(F)(F)F)c2)c1)c1ccc2sccc2c1. The molecule has 1 aromatic heterocycles. The first-order chi connectivity index (χ1) is 15.9. The number of ether oxygens (including phenoxy) is 2. The van der Waals surface area contributed by atoms with Crippen LogP contribution in [-0.2, 0) is 10.0 Å². The van der Waals surface area contributed by atoms with Gasteiger partial charge in [-0.1, -0.05) is 23.2 Å².